The van der Waals surface area contributed by atoms with Gasteiger partial charge in [-0.05, 0) is 80.2 Å². The number of hydrogen-bond acceptors (Lipinski definition) is 6. The van der Waals surface area contributed by atoms with E-state index in [0.29, 0.717) is 24.0 Å². The summed E-state index contributed by atoms with van der Waals surface area (Å²) >= 11 is 0. The van der Waals surface area contributed by atoms with Gasteiger partial charge < -0.3 is 25.0 Å². The Labute approximate surface area is 256 Å². The number of nitrogens with zero attached hydrogens (tertiary/aromatic N) is 3. The Morgan fingerprint density at radius 3 is 2.53 bits per heavy atom. The molecule has 1 aliphatic carbocycles. The molecule has 0 saturated heterocycles. The summed E-state index contributed by atoms with van der Waals surface area (Å²) < 4.78 is 13.1. The van der Waals surface area contributed by atoms with Crippen LogP contribution in [-0.2, 0) is 21.0 Å². The number of carbonyl (C=O) groups excluding carboxylic acids is 2. The minimum atomic E-state index is -1.23. The van der Waals surface area contributed by atoms with Crippen molar-refractivity contribution in [1.82, 2.24) is 20.0 Å². The summed E-state index contributed by atoms with van der Waals surface area (Å²) in [6.07, 6.45) is 5.18. The summed E-state index contributed by atoms with van der Waals surface area (Å²) in [4.78, 5) is 27.9. The fraction of sp³-hybridized carbons (Fsp3) is 0.485. The number of amides is 2. The van der Waals surface area contributed by atoms with Gasteiger partial charge in [-0.2, -0.15) is 5.10 Å². The third-order valence-electron chi connectivity index (χ3n) is 8.13. The van der Waals surface area contributed by atoms with Crippen molar-refractivity contribution in [3.8, 4) is 11.1 Å². The van der Waals surface area contributed by atoms with Gasteiger partial charge in [0.1, 0.15) is 6.73 Å². The van der Waals surface area contributed by atoms with E-state index < -0.39 is 8.07 Å². The number of rotatable bonds is 14. The molecule has 1 aromatic heterocycles. The van der Waals surface area contributed by atoms with Crippen molar-refractivity contribution in [1.29, 1.82) is 0 Å². The van der Waals surface area contributed by atoms with Crippen molar-refractivity contribution in [2.24, 2.45) is 0 Å². The van der Waals surface area contributed by atoms with E-state index in [9.17, 15) is 9.59 Å². The quantitative estimate of drug-likeness (QED) is 0.138. The van der Waals surface area contributed by atoms with Crippen molar-refractivity contribution < 1.29 is 19.1 Å². The monoisotopic (exact) mass is 605 g/mol. The maximum absolute atomic E-state index is 13.7. The van der Waals surface area contributed by atoms with Gasteiger partial charge in [-0.3, -0.25) is 9.59 Å². The molecule has 0 unspecified atom stereocenters. The van der Waals surface area contributed by atoms with E-state index in [2.05, 4.69) is 48.8 Å². The standard InChI is InChI=1S/C33H47N5O4Si/c1-7-31(39)34-27-10-8-9-24(21-27)25-11-16-30-29(22-25)32(36-38(30)23-42-19-20-43(4,5)6)33(40)35-26-12-14-28(15-13-26)37(2)17-18-41-3/h7-11,16,21-22,26,28H,1,12-15,17-20,23H2,2-6H3,(H,34,39)(H,35,40). The summed E-state index contributed by atoms with van der Waals surface area (Å²) in [5.41, 5.74) is 3.78. The molecule has 1 heterocycles. The van der Waals surface area contributed by atoms with E-state index in [4.69, 9.17) is 14.6 Å². The highest BCUT2D eigenvalue weighted by molar-refractivity contribution is 6.76. The fourth-order valence-electron chi connectivity index (χ4n) is 5.46. The number of carbonyl (C=O) groups is 2. The topological polar surface area (TPSA) is 97.7 Å². The average molecular weight is 606 g/mol. The largest absolute Gasteiger partial charge is 0.383 e. The van der Waals surface area contributed by atoms with Gasteiger partial charge in [0.2, 0.25) is 5.91 Å². The number of ether oxygens (including phenoxy) is 2. The molecule has 232 valence electrons. The van der Waals surface area contributed by atoms with Crippen molar-refractivity contribution in [2.45, 2.75) is 70.2 Å². The number of nitrogens with one attached hydrogen (secondary N) is 2. The number of likely N-dealkylation sites (N-methyl/N-ethyl adjacent to an activating group) is 1. The van der Waals surface area contributed by atoms with Crippen LogP contribution >= 0.6 is 0 Å². The van der Waals surface area contributed by atoms with Crippen molar-refractivity contribution in [3.63, 3.8) is 0 Å². The van der Waals surface area contributed by atoms with Gasteiger partial charge in [-0.15, -0.1) is 0 Å². The number of methoxy groups -OCH3 is 1. The average Bonchev–Trinajstić information content (AvgIpc) is 3.36. The maximum atomic E-state index is 13.7. The lowest BCUT2D eigenvalue weighted by atomic mass is 9.90. The third kappa shape index (κ3) is 9.09. The number of hydrogen-bond donors (Lipinski definition) is 2. The predicted octanol–water partition coefficient (Wildman–Crippen LogP) is 5.76. The highest BCUT2D eigenvalue weighted by Gasteiger charge is 2.27. The number of fused-ring (bicyclic) bond motifs is 1. The summed E-state index contributed by atoms with van der Waals surface area (Å²) in [6.45, 7) is 13.1. The molecule has 2 aromatic carbocycles. The third-order valence-corrected chi connectivity index (χ3v) is 9.83. The molecule has 1 fully saturated rings. The smallest absolute Gasteiger partial charge is 0.272 e. The summed E-state index contributed by atoms with van der Waals surface area (Å²) in [5, 5.41) is 11.6. The zero-order valence-corrected chi connectivity index (χ0v) is 27.3. The first-order valence-electron chi connectivity index (χ1n) is 15.2. The van der Waals surface area contributed by atoms with Crippen LogP contribution in [0.5, 0.6) is 0 Å². The van der Waals surface area contributed by atoms with E-state index in [1.54, 1.807) is 11.8 Å². The number of anilines is 1. The molecule has 0 bridgehead atoms. The van der Waals surface area contributed by atoms with Gasteiger partial charge >= 0.3 is 0 Å². The summed E-state index contributed by atoms with van der Waals surface area (Å²) in [5.74, 6) is -0.427. The molecule has 0 spiro atoms. The van der Waals surface area contributed by atoms with E-state index in [1.165, 1.54) is 6.08 Å². The Hall–Kier alpha value is -3.31. The van der Waals surface area contributed by atoms with Crippen LogP contribution in [0.15, 0.2) is 55.1 Å². The van der Waals surface area contributed by atoms with E-state index in [0.717, 1.165) is 66.9 Å². The minimum Gasteiger partial charge on any atom is -0.383 e. The lowest BCUT2D eigenvalue weighted by molar-refractivity contribution is -0.111. The Kier molecular flexibility index (Phi) is 11.3. The first-order chi connectivity index (χ1) is 20.6. The van der Waals surface area contributed by atoms with Crippen LogP contribution in [0.3, 0.4) is 0 Å². The van der Waals surface area contributed by atoms with Crippen LogP contribution < -0.4 is 10.6 Å². The van der Waals surface area contributed by atoms with Gasteiger partial charge in [0.25, 0.3) is 5.91 Å². The lowest BCUT2D eigenvalue weighted by Gasteiger charge is -2.34. The van der Waals surface area contributed by atoms with Gasteiger partial charge in [0.15, 0.2) is 5.69 Å². The molecule has 0 radical (unpaired) electrons. The van der Waals surface area contributed by atoms with E-state index >= 15 is 0 Å². The molecule has 0 atom stereocenters. The highest BCUT2D eigenvalue weighted by Crippen LogP contribution is 2.29. The molecule has 9 nitrogen and oxygen atoms in total. The molecule has 2 amide bonds. The first kappa shape index (κ1) is 32.6. The van der Waals surface area contributed by atoms with Crippen molar-refractivity contribution in [3.05, 3.63) is 60.8 Å². The van der Waals surface area contributed by atoms with Crippen LogP contribution in [-0.4, -0.2) is 80.6 Å². The molecular formula is C33H47N5O4Si. The molecule has 1 aliphatic rings. The second-order valence-corrected chi connectivity index (χ2v) is 18.3. The number of aromatic nitrogens is 2. The van der Waals surface area contributed by atoms with Crippen molar-refractivity contribution in [2.75, 3.05) is 39.2 Å². The lowest BCUT2D eigenvalue weighted by Crippen LogP contribution is -2.43. The zero-order chi connectivity index (χ0) is 31.0. The van der Waals surface area contributed by atoms with Crippen LogP contribution in [0.4, 0.5) is 5.69 Å². The second-order valence-electron chi connectivity index (χ2n) is 12.7. The normalized spacial score (nSPS) is 17.3. The summed E-state index contributed by atoms with van der Waals surface area (Å²) in [6, 6.07) is 15.3. The Morgan fingerprint density at radius 2 is 1.84 bits per heavy atom. The maximum Gasteiger partial charge on any atom is 0.272 e. The summed E-state index contributed by atoms with van der Waals surface area (Å²) in [7, 11) is 2.65. The SMILES string of the molecule is C=CC(=O)Nc1cccc(-c2ccc3c(c2)c(C(=O)NC2CCC(N(C)CCOC)CC2)nn3COCC[Si](C)(C)C)c1. The molecule has 10 heteroatoms. The Morgan fingerprint density at radius 1 is 1.09 bits per heavy atom. The molecule has 43 heavy (non-hydrogen) atoms. The molecule has 0 aliphatic heterocycles. The number of benzene rings is 2. The molecule has 3 aromatic rings. The Bertz CT molecular complexity index is 1410. The van der Waals surface area contributed by atoms with E-state index in [1.807, 2.05) is 42.5 Å². The molecule has 1 saturated carbocycles. The van der Waals surface area contributed by atoms with Gasteiger partial charge in [-0.1, -0.05) is 44.4 Å². The van der Waals surface area contributed by atoms with Crippen molar-refractivity contribution >= 4 is 36.5 Å². The first-order valence-corrected chi connectivity index (χ1v) is 18.9. The minimum absolute atomic E-state index is 0.112. The van der Waals surface area contributed by atoms with Gasteiger partial charge in [0.05, 0.1) is 12.1 Å². The zero-order valence-electron chi connectivity index (χ0n) is 26.3. The highest BCUT2D eigenvalue weighted by atomic mass is 28.3. The van der Waals surface area contributed by atoms with Crippen LogP contribution in [0.2, 0.25) is 25.7 Å². The van der Waals surface area contributed by atoms with Crippen LogP contribution in [0.25, 0.3) is 22.0 Å². The second kappa shape index (κ2) is 14.9. The molecule has 2 N–H and O–H groups in total. The molecule has 4 rings (SSSR count). The predicted molar refractivity (Wildman–Crippen MR) is 176 cm³/mol. The Balaban J connectivity index is 1.55. The van der Waals surface area contributed by atoms with Crippen LogP contribution in [0.1, 0.15) is 36.2 Å². The van der Waals surface area contributed by atoms with E-state index in [-0.39, 0.29) is 24.6 Å². The molecular weight excluding hydrogens is 558 g/mol. The fourth-order valence-corrected chi connectivity index (χ4v) is 6.21. The van der Waals surface area contributed by atoms with Gasteiger partial charge in [-0.25, -0.2) is 4.68 Å². The van der Waals surface area contributed by atoms with Gasteiger partial charge in [0, 0.05) is 51.5 Å². The van der Waals surface area contributed by atoms with Crippen LogP contribution in [0, 0.1) is 0 Å².